The first-order valence-corrected chi connectivity index (χ1v) is 9.82. The first-order valence-electron chi connectivity index (χ1n) is 9.00. The molecule has 0 spiro atoms. The molecule has 4 nitrogen and oxygen atoms in total. The van der Waals surface area contributed by atoms with Gasteiger partial charge in [-0.15, -0.1) is 11.3 Å². The molecule has 0 bridgehead atoms. The molecular weight excluding hydrogens is 354 g/mol. The Hall–Kier alpha value is -2.92. The lowest BCUT2D eigenvalue weighted by Crippen LogP contribution is -2.24. The Balaban J connectivity index is 1.54. The van der Waals surface area contributed by atoms with Crippen LogP contribution in [0, 0.1) is 13.8 Å². The number of aryl methyl sites for hydroxylation is 2. The van der Waals surface area contributed by atoms with Gasteiger partial charge < -0.3 is 5.32 Å². The second-order valence-electron chi connectivity index (χ2n) is 6.66. The number of aromatic nitrogens is 2. The highest BCUT2D eigenvalue weighted by atomic mass is 32.1. The number of fused-ring (bicyclic) bond motifs is 1. The van der Waals surface area contributed by atoms with Crippen molar-refractivity contribution in [1.82, 2.24) is 15.1 Å². The third-order valence-corrected chi connectivity index (χ3v) is 5.67. The van der Waals surface area contributed by atoms with Gasteiger partial charge in [-0.1, -0.05) is 42.5 Å². The SMILES string of the molecule is Cc1cccc(-n2nc(C)c3cc(C(=O)NCCc4ccccc4)sc32)c1. The summed E-state index contributed by atoms with van der Waals surface area (Å²) in [5.74, 6) is -0.0256. The molecule has 4 aromatic rings. The van der Waals surface area contributed by atoms with E-state index in [1.54, 1.807) is 0 Å². The van der Waals surface area contributed by atoms with Gasteiger partial charge >= 0.3 is 0 Å². The Bertz CT molecular complexity index is 1100. The lowest BCUT2D eigenvalue weighted by Gasteiger charge is -2.04. The van der Waals surface area contributed by atoms with Gasteiger partial charge in [-0.05, 0) is 49.6 Å². The van der Waals surface area contributed by atoms with Crippen molar-refractivity contribution < 1.29 is 4.79 Å². The van der Waals surface area contributed by atoms with Gasteiger partial charge in [0.05, 0.1) is 16.3 Å². The fraction of sp³-hybridized carbons (Fsp3) is 0.182. The highest BCUT2D eigenvalue weighted by Crippen LogP contribution is 2.30. The largest absolute Gasteiger partial charge is 0.351 e. The quantitative estimate of drug-likeness (QED) is 0.551. The van der Waals surface area contributed by atoms with E-state index in [0.717, 1.165) is 32.9 Å². The Morgan fingerprint density at radius 2 is 1.89 bits per heavy atom. The van der Waals surface area contributed by atoms with E-state index in [-0.39, 0.29) is 5.91 Å². The maximum Gasteiger partial charge on any atom is 0.261 e. The molecule has 0 unspecified atom stereocenters. The maximum absolute atomic E-state index is 12.6. The van der Waals surface area contributed by atoms with Crippen LogP contribution in [-0.4, -0.2) is 22.2 Å². The Kier molecular flexibility index (Phi) is 4.77. The van der Waals surface area contributed by atoms with Crippen molar-refractivity contribution in [2.24, 2.45) is 0 Å². The lowest BCUT2D eigenvalue weighted by molar-refractivity contribution is 0.0958. The zero-order chi connectivity index (χ0) is 18.8. The standard InChI is InChI=1S/C22H21N3OS/c1-15-7-6-10-18(13-15)25-22-19(16(2)24-25)14-20(27-22)21(26)23-12-11-17-8-4-3-5-9-17/h3-10,13-14H,11-12H2,1-2H3,(H,23,26). The molecule has 0 saturated heterocycles. The van der Waals surface area contributed by atoms with Gasteiger partial charge in [0.2, 0.25) is 0 Å². The van der Waals surface area contributed by atoms with Crippen LogP contribution in [0.15, 0.2) is 60.7 Å². The second-order valence-corrected chi connectivity index (χ2v) is 7.69. The van der Waals surface area contributed by atoms with Crippen molar-refractivity contribution in [3.8, 4) is 5.69 Å². The molecule has 5 heteroatoms. The minimum Gasteiger partial charge on any atom is -0.351 e. The van der Waals surface area contributed by atoms with E-state index in [9.17, 15) is 4.79 Å². The van der Waals surface area contributed by atoms with Gasteiger partial charge in [-0.25, -0.2) is 4.68 Å². The number of hydrogen-bond acceptors (Lipinski definition) is 3. The topological polar surface area (TPSA) is 46.9 Å². The van der Waals surface area contributed by atoms with E-state index < -0.39 is 0 Å². The molecule has 0 aliphatic heterocycles. The summed E-state index contributed by atoms with van der Waals surface area (Å²) in [6, 6.07) is 20.4. The maximum atomic E-state index is 12.6. The second kappa shape index (κ2) is 7.37. The zero-order valence-electron chi connectivity index (χ0n) is 15.4. The highest BCUT2D eigenvalue weighted by molar-refractivity contribution is 7.20. The van der Waals surface area contributed by atoms with E-state index in [1.807, 2.05) is 48.0 Å². The van der Waals surface area contributed by atoms with Gasteiger partial charge in [0, 0.05) is 11.9 Å². The van der Waals surface area contributed by atoms with Crippen LogP contribution in [0.3, 0.4) is 0 Å². The first kappa shape index (κ1) is 17.5. The molecule has 0 radical (unpaired) electrons. The van der Waals surface area contributed by atoms with E-state index in [2.05, 4.69) is 41.6 Å². The summed E-state index contributed by atoms with van der Waals surface area (Å²) in [5.41, 5.74) is 4.36. The Morgan fingerprint density at radius 3 is 2.67 bits per heavy atom. The van der Waals surface area contributed by atoms with E-state index >= 15 is 0 Å². The third kappa shape index (κ3) is 3.64. The molecule has 0 atom stereocenters. The fourth-order valence-electron chi connectivity index (χ4n) is 3.15. The Morgan fingerprint density at radius 1 is 1.07 bits per heavy atom. The molecule has 136 valence electrons. The molecule has 0 aliphatic rings. The van der Waals surface area contributed by atoms with E-state index in [0.29, 0.717) is 6.54 Å². The van der Waals surface area contributed by atoms with Gasteiger partial charge in [-0.3, -0.25) is 4.79 Å². The van der Waals surface area contributed by atoms with Gasteiger partial charge in [0.15, 0.2) is 0 Å². The molecule has 4 rings (SSSR count). The number of nitrogens with zero attached hydrogens (tertiary/aromatic N) is 2. The molecule has 27 heavy (non-hydrogen) atoms. The molecule has 1 N–H and O–H groups in total. The normalized spacial score (nSPS) is 11.0. The summed E-state index contributed by atoms with van der Waals surface area (Å²) in [6.07, 6.45) is 0.827. The van der Waals surface area contributed by atoms with Crippen molar-refractivity contribution in [3.05, 3.63) is 82.4 Å². The molecule has 0 fully saturated rings. The number of carbonyl (C=O) groups excluding carboxylic acids is 1. The summed E-state index contributed by atoms with van der Waals surface area (Å²) in [6.45, 7) is 4.68. The van der Waals surface area contributed by atoms with E-state index in [1.165, 1.54) is 22.5 Å². The number of amides is 1. The van der Waals surface area contributed by atoms with Crippen LogP contribution in [0.4, 0.5) is 0 Å². The van der Waals surface area contributed by atoms with Crippen LogP contribution >= 0.6 is 11.3 Å². The van der Waals surface area contributed by atoms with Crippen LogP contribution in [0.2, 0.25) is 0 Å². The first-order chi connectivity index (χ1) is 13.1. The van der Waals surface area contributed by atoms with Crippen LogP contribution in [0.25, 0.3) is 15.9 Å². The number of carbonyl (C=O) groups is 1. The zero-order valence-corrected chi connectivity index (χ0v) is 16.2. The molecule has 1 amide bonds. The average Bonchev–Trinajstić information content (AvgIpc) is 3.23. The summed E-state index contributed by atoms with van der Waals surface area (Å²) in [4.78, 5) is 14.3. The number of benzene rings is 2. The van der Waals surface area contributed by atoms with Crippen molar-refractivity contribution in [2.45, 2.75) is 20.3 Å². The summed E-state index contributed by atoms with van der Waals surface area (Å²) >= 11 is 1.49. The predicted octanol–water partition coefficient (Wildman–Crippen LogP) is 4.68. The number of thiophene rings is 1. The minimum atomic E-state index is -0.0256. The average molecular weight is 375 g/mol. The highest BCUT2D eigenvalue weighted by Gasteiger charge is 2.17. The van der Waals surface area contributed by atoms with Crippen LogP contribution in [0.1, 0.15) is 26.5 Å². The minimum absolute atomic E-state index is 0.0256. The summed E-state index contributed by atoms with van der Waals surface area (Å²) < 4.78 is 1.93. The Labute approximate surface area is 162 Å². The van der Waals surface area contributed by atoms with E-state index in [4.69, 9.17) is 0 Å². The predicted molar refractivity (Wildman–Crippen MR) is 111 cm³/mol. The molecule has 0 saturated carbocycles. The summed E-state index contributed by atoms with van der Waals surface area (Å²) in [7, 11) is 0. The number of hydrogen-bond donors (Lipinski definition) is 1. The van der Waals surface area contributed by atoms with Gasteiger partial charge in [0.1, 0.15) is 4.83 Å². The molecule has 2 heterocycles. The third-order valence-electron chi connectivity index (χ3n) is 4.56. The smallest absolute Gasteiger partial charge is 0.261 e. The number of nitrogens with one attached hydrogen (secondary N) is 1. The van der Waals surface area contributed by atoms with Crippen LogP contribution in [0.5, 0.6) is 0 Å². The van der Waals surface area contributed by atoms with Crippen molar-refractivity contribution in [2.75, 3.05) is 6.54 Å². The van der Waals surface area contributed by atoms with Crippen molar-refractivity contribution >= 4 is 27.5 Å². The van der Waals surface area contributed by atoms with Crippen LogP contribution < -0.4 is 5.32 Å². The van der Waals surface area contributed by atoms with Gasteiger partial charge in [-0.2, -0.15) is 5.10 Å². The monoisotopic (exact) mass is 375 g/mol. The lowest BCUT2D eigenvalue weighted by atomic mass is 10.1. The fourth-order valence-corrected chi connectivity index (χ4v) is 4.25. The van der Waals surface area contributed by atoms with Crippen molar-refractivity contribution in [1.29, 1.82) is 0 Å². The van der Waals surface area contributed by atoms with Gasteiger partial charge in [0.25, 0.3) is 5.91 Å². The molecule has 0 aliphatic carbocycles. The van der Waals surface area contributed by atoms with Crippen LogP contribution in [-0.2, 0) is 6.42 Å². The molecule has 2 aromatic heterocycles. The molecule has 2 aromatic carbocycles. The van der Waals surface area contributed by atoms with Crippen molar-refractivity contribution in [3.63, 3.8) is 0 Å². The summed E-state index contributed by atoms with van der Waals surface area (Å²) in [5, 5.41) is 8.72. The number of rotatable bonds is 5. The molecular formula is C22H21N3OS.